The minimum absolute atomic E-state index is 0.751. The Morgan fingerprint density at radius 2 is 1.63 bits per heavy atom. The van der Waals surface area contributed by atoms with Crippen molar-refractivity contribution in [3.8, 4) is 11.4 Å². The number of nitrogens with zero attached hydrogens (tertiary/aromatic N) is 2. The van der Waals surface area contributed by atoms with Gasteiger partial charge in [0.1, 0.15) is 5.82 Å². The van der Waals surface area contributed by atoms with Crippen LogP contribution in [-0.4, -0.2) is 16.5 Å². The summed E-state index contributed by atoms with van der Waals surface area (Å²) in [6.07, 6.45) is 1.79. The number of anilines is 1. The van der Waals surface area contributed by atoms with E-state index in [9.17, 15) is 0 Å². The summed E-state index contributed by atoms with van der Waals surface area (Å²) >= 11 is 9.38. The van der Waals surface area contributed by atoms with Crippen LogP contribution in [0.1, 0.15) is 32.0 Å². The van der Waals surface area contributed by atoms with E-state index in [1.807, 2.05) is 56.3 Å². The van der Waals surface area contributed by atoms with Crippen LogP contribution in [-0.2, 0) is 12.8 Å². The highest BCUT2D eigenvalue weighted by atomic mass is 79.9. The molecule has 27 heavy (non-hydrogen) atoms. The molecule has 0 fully saturated rings. The smallest absolute Gasteiger partial charge is 0.161 e. The Morgan fingerprint density at radius 1 is 0.963 bits per heavy atom. The number of halogens is 2. The van der Waals surface area contributed by atoms with Crippen LogP contribution < -0.4 is 5.32 Å². The zero-order valence-electron chi connectivity index (χ0n) is 16.0. The molecule has 0 aliphatic rings. The summed E-state index contributed by atoms with van der Waals surface area (Å²) in [5.41, 5.74) is 3.29. The molecule has 1 aromatic heterocycles. The van der Waals surface area contributed by atoms with Crippen LogP contribution in [0.15, 0.2) is 59.1 Å². The van der Waals surface area contributed by atoms with Gasteiger partial charge in [-0.1, -0.05) is 72.6 Å². The topological polar surface area (TPSA) is 37.8 Å². The molecule has 3 rings (SSSR count). The van der Waals surface area contributed by atoms with E-state index in [2.05, 4.69) is 50.3 Å². The average molecular weight is 447 g/mol. The van der Waals surface area contributed by atoms with Crippen molar-refractivity contribution in [2.75, 3.05) is 11.9 Å². The van der Waals surface area contributed by atoms with Crippen molar-refractivity contribution < 1.29 is 0 Å². The maximum atomic E-state index is 5.92. The number of hydrogen-bond acceptors (Lipinski definition) is 3. The lowest BCUT2D eigenvalue weighted by atomic mass is 10.1. The van der Waals surface area contributed by atoms with E-state index < -0.39 is 0 Å². The van der Waals surface area contributed by atoms with Gasteiger partial charge in [0.2, 0.25) is 0 Å². The van der Waals surface area contributed by atoms with E-state index >= 15 is 0 Å². The highest BCUT2D eigenvalue weighted by Crippen LogP contribution is 2.21. The fraction of sp³-hybridized carbons (Fsp3) is 0.273. The first-order valence-electron chi connectivity index (χ1n) is 9.26. The minimum Gasteiger partial charge on any atom is -0.370 e. The van der Waals surface area contributed by atoms with E-state index in [-0.39, 0.29) is 0 Å². The van der Waals surface area contributed by atoms with Crippen molar-refractivity contribution in [2.24, 2.45) is 0 Å². The Hall–Kier alpha value is -1.91. The molecular weight excluding hydrogens is 422 g/mol. The van der Waals surface area contributed by atoms with Gasteiger partial charge in [-0.05, 0) is 42.7 Å². The van der Waals surface area contributed by atoms with Gasteiger partial charge >= 0.3 is 0 Å². The molecule has 142 valence electrons. The lowest BCUT2D eigenvalue weighted by Gasteiger charge is -2.10. The molecule has 0 unspecified atom stereocenters. The average Bonchev–Trinajstić information content (AvgIpc) is 2.71. The Labute approximate surface area is 175 Å². The van der Waals surface area contributed by atoms with Gasteiger partial charge in [0.25, 0.3) is 0 Å². The van der Waals surface area contributed by atoms with Gasteiger partial charge in [0.15, 0.2) is 5.82 Å². The third kappa shape index (κ3) is 6.64. The van der Waals surface area contributed by atoms with E-state index in [4.69, 9.17) is 11.6 Å². The molecule has 0 radical (unpaired) electrons. The molecule has 0 amide bonds. The van der Waals surface area contributed by atoms with Crippen LogP contribution in [0.5, 0.6) is 0 Å². The molecule has 0 aliphatic carbocycles. The fourth-order valence-electron chi connectivity index (χ4n) is 2.48. The highest BCUT2D eigenvalue weighted by molar-refractivity contribution is 9.10. The predicted octanol–water partition coefficient (Wildman–Crippen LogP) is 6.80. The molecule has 0 spiro atoms. The van der Waals surface area contributed by atoms with Gasteiger partial charge in [0, 0.05) is 33.4 Å². The van der Waals surface area contributed by atoms with Gasteiger partial charge in [-0.25, -0.2) is 9.97 Å². The van der Waals surface area contributed by atoms with Crippen LogP contribution in [0, 0.1) is 0 Å². The van der Waals surface area contributed by atoms with Crippen molar-refractivity contribution in [3.63, 3.8) is 0 Å². The maximum absolute atomic E-state index is 5.92. The monoisotopic (exact) mass is 445 g/mol. The zero-order chi connectivity index (χ0) is 19.6. The second kappa shape index (κ2) is 11.1. The second-order valence-corrected chi connectivity index (χ2v) is 7.08. The molecular formula is C22H25BrClN3. The lowest BCUT2D eigenvalue weighted by molar-refractivity contribution is 0.972. The number of rotatable bonds is 6. The van der Waals surface area contributed by atoms with Crippen LogP contribution in [0.25, 0.3) is 11.4 Å². The van der Waals surface area contributed by atoms with Crippen molar-refractivity contribution in [1.82, 2.24) is 9.97 Å². The number of aromatic nitrogens is 2. The summed E-state index contributed by atoms with van der Waals surface area (Å²) in [7, 11) is 0. The molecule has 2 aromatic carbocycles. The third-order valence-corrected chi connectivity index (χ3v) is 4.66. The summed E-state index contributed by atoms with van der Waals surface area (Å²) in [6, 6.07) is 18.0. The maximum Gasteiger partial charge on any atom is 0.161 e. The molecule has 1 N–H and O–H groups in total. The van der Waals surface area contributed by atoms with Gasteiger partial charge in [0.05, 0.1) is 0 Å². The molecule has 5 heteroatoms. The van der Waals surface area contributed by atoms with Crippen molar-refractivity contribution in [1.29, 1.82) is 0 Å². The number of benzene rings is 2. The molecule has 3 aromatic rings. The van der Waals surface area contributed by atoms with E-state index in [0.29, 0.717) is 0 Å². The first kappa shape index (κ1) is 21.4. The molecule has 3 nitrogen and oxygen atoms in total. The summed E-state index contributed by atoms with van der Waals surface area (Å²) < 4.78 is 1.05. The quantitative estimate of drug-likeness (QED) is 0.452. The molecule has 0 aliphatic heterocycles. The summed E-state index contributed by atoms with van der Waals surface area (Å²) in [5, 5.41) is 4.17. The zero-order valence-corrected chi connectivity index (χ0v) is 18.3. The van der Waals surface area contributed by atoms with Gasteiger partial charge in [-0.3, -0.25) is 0 Å². The van der Waals surface area contributed by atoms with E-state index in [0.717, 1.165) is 51.8 Å². The SMILES string of the molecule is CC.CCc1cc(NCCc2ccc(Cl)cc2)nc(-c2ccc(Br)cc2)n1. The molecule has 0 saturated carbocycles. The molecule has 0 saturated heterocycles. The molecule has 0 bridgehead atoms. The summed E-state index contributed by atoms with van der Waals surface area (Å²) in [4.78, 5) is 9.31. The van der Waals surface area contributed by atoms with Crippen LogP contribution >= 0.6 is 27.5 Å². The summed E-state index contributed by atoms with van der Waals surface area (Å²) in [6.45, 7) is 6.91. The lowest BCUT2D eigenvalue weighted by Crippen LogP contribution is -2.08. The van der Waals surface area contributed by atoms with Crippen molar-refractivity contribution in [3.05, 3.63) is 75.4 Å². The van der Waals surface area contributed by atoms with Crippen LogP contribution in [0.4, 0.5) is 5.82 Å². The van der Waals surface area contributed by atoms with Gasteiger partial charge < -0.3 is 5.32 Å². The van der Waals surface area contributed by atoms with Gasteiger partial charge in [-0.15, -0.1) is 0 Å². The normalized spacial score (nSPS) is 10.1. The Balaban J connectivity index is 0.00000126. The molecule has 1 heterocycles. The largest absolute Gasteiger partial charge is 0.370 e. The van der Waals surface area contributed by atoms with Gasteiger partial charge in [-0.2, -0.15) is 0 Å². The Morgan fingerprint density at radius 3 is 2.26 bits per heavy atom. The van der Waals surface area contributed by atoms with Crippen LogP contribution in [0.2, 0.25) is 5.02 Å². The predicted molar refractivity (Wildman–Crippen MR) is 120 cm³/mol. The third-order valence-electron chi connectivity index (χ3n) is 3.88. The van der Waals surface area contributed by atoms with E-state index in [1.54, 1.807) is 0 Å². The van der Waals surface area contributed by atoms with Crippen molar-refractivity contribution >= 4 is 33.3 Å². The van der Waals surface area contributed by atoms with Crippen LogP contribution in [0.3, 0.4) is 0 Å². The summed E-state index contributed by atoms with van der Waals surface area (Å²) in [5.74, 6) is 1.61. The molecule has 0 atom stereocenters. The fourth-order valence-corrected chi connectivity index (χ4v) is 2.87. The Bertz CT molecular complexity index is 833. The first-order chi connectivity index (χ1) is 13.1. The first-order valence-corrected chi connectivity index (χ1v) is 10.4. The minimum atomic E-state index is 0.751. The van der Waals surface area contributed by atoms with E-state index in [1.165, 1.54) is 5.56 Å². The number of aryl methyl sites for hydroxylation is 1. The van der Waals surface area contributed by atoms with Crippen molar-refractivity contribution in [2.45, 2.75) is 33.6 Å². The Kier molecular flexibility index (Phi) is 8.76. The standard InChI is InChI=1S/C20H19BrClN3.C2H6/c1-2-18-13-19(23-12-11-14-3-9-17(22)10-4-14)25-20(24-18)15-5-7-16(21)8-6-15;1-2/h3-10,13H,2,11-12H2,1H3,(H,23,24,25);1-2H3. The number of hydrogen-bond donors (Lipinski definition) is 1. The highest BCUT2D eigenvalue weighted by Gasteiger charge is 2.06. The number of nitrogens with one attached hydrogen (secondary N) is 1. The second-order valence-electron chi connectivity index (χ2n) is 5.73.